The average molecular weight is 626 g/mol. The van der Waals surface area contributed by atoms with Crippen LogP contribution < -0.4 is 10.1 Å². The number of aliphatic hydroxyl groups is 1. The van der Waals surface area contributed by atoms with Crippen LogP contribution in [0.5, 0.6) is 5.75 Å². The number of methoxy groups -OCH3 is 1. The van der Waals surface area contributed by atoms with Crippen molar-refractivity contribution in [1.29, 1.82) is 0 Å². The van der Waals surface area contributed by atoms with Gasteiger partial charge >= 0.3 is 0 Å². The molecule has 1 saturated heterocycles. The van der Waals surface area contributed by atoms with Crippen LogP contribution in [0.1, 0.15) is 26.3 Å². The number of morpholine rings is 1. The molecule has 42 heavy (non-hydrogen) atoms. The first-order chi connectivity index (χ1) is 19.8. The Morgan fingerprint density at radius 1 is 1.00 bits per heavy atom. The number of sulfonamides is 2. The smallest absolute Gasteiger partial charge is 0.243 e. The van der Waals surface area contributed by atoms with Gasteiger partial charge in [0.2, 0.25) is 26.0 Å². The second-order valence-corrected chi connectivity index (χ2v) is 14.9. The molecule has 2 aromatic carbocycles. The van der Waals surface area contributed by atoms with E-state index in [0.29, 0.717) is 19.0 Å². The van der Waals surface area contributed by atoms with Crippen LogP contribution in [-0.2, 0) is 36.0 Å². The van der Waals surface area contributed by atoms with E-state index < -0.39 is 49.8 Å². The van der Waals surface area contributed by atoms with Crippen LogP contribution >= 0.6 is 0 Å². The fraction of sp³-hybridized carbons (Fsp3) is 0.552. The lowest BCUT2D eigenvalue weighted by Crippen LogP contribution is -2.53. The summed E-state index contributed by atoms with van der Waals surface area (Å²) < 4.78 is 66.0. The van der Waals surface area contributed by atoms with Crippen molar-refractivity contribution < 1.29 is 36.2 Å². The van der Waals surface area contributed by atoms with E-state index in [1.807, 2.05) is 44.2 Å². The molecule has 0 bridgehead atoms. The minimum Gasteiger partial charge on any atom is -0.497 e. The first kappa shape index (κ1) is 33.9. The third-order valence-corrected chi connectivity index (χ3v) is 10.9. The van der Waals surface area contributed by atoms with Crippen molar-refractivity contribution in [3.63, 3.8) is 0 Å². The zero-order valence-corrected chi connectivity index (χ0v) is 26.3. The maximum atomic E-state index is 13.6. The fourth-order valence-electron chi connectivity index (χ4n) is 4.71. The van der Waals surface area contributed by atoms with Gasteiger partial charge in [-0.15, -0.1) is 0 Å². The van der Waals surface area contributed by atoms with Gasteiger partial charge in [-0.25, -0.2) is 16.8 Å². The Labute approximate surface area is 249 Å². The molecule has 11 nitrogen and oxygen atoms in total. The lowest BCUT2D eigenvalue weighted by atomic mass is 10.00. The van der Waals surface area contributed by atoms with Gasteiger partial charge in [-0.2, -0.15) is 8.61 Å². The Kier molecular flexibility index (Phi) is 12.3. The molecule has 3 rings (SSSR count). The molecule has 2 aromatic rings. The van der Waals surface area contributed by atoms with Gasteiger partial charge in [-0.1, -0.05) is 51.1 Å². The largest absolute Gasteiger partial charge is 0.497 e. The highest BCUT2D eigenvalue weighted by Crippen LogP contribution is 2.22. The predicted molar refractivity (Wildman–Crippen MR) is 160 cm³/mol. The number of nitrogens with zero attached hydrogens (tertiary/aromatic N) is 2. The number of aliphatic hydroxyl groups excluding tert-OH is 1. The zero-order chi connectivity index (χ0) is 30.9. The van der Waals surface area contributed by atoms with Crippen LogP contribution in [0, 0.1) is 11.8 Å². The number of hydrogen-bond donors (Lipinski definition) is 2. The molecule has 1 unspecified atom stereocenters. The Bertz CT molecular complexity index is 1350. The molecule has 2 N–H and O–H groups in total. The molecule has 0 saturated carbocycles. The molecule has 0 aliphatic carbocycles. The monoisotopic (exact) mass is 625 g/mol. The number of amides is 1. The van der Waals surface area contributed by atoms with Crippen LogP contribution in [0.2, 0.25) is 0 Å². The Morgan fingerprint density at radius 3 is 2.19 bits per heavy atom. The maximum absolute atomic E-state index is 13.6. The van der Waals surface area contributed by atoms with Gasteiger partial charge in [0.15, 0.2) is 0 Å². The summed E-state index contributed by atoms with van der Waals surface area (Å²) in [4.78, 5) is 13.3. The topological polar surface area (TPSA) is 143 Å². The first-order valence-corrected chi connectivity index (χ1v) is 17.1. The minimum absolute atomic E-state index is 0.0437. The SMILES string of the molecule is COc1ccc(S(=O)(=O)N(CC(C)C)CC(O)[C@H](Cc2ccccc2)NC(=O)[C@H](C)CS(=O)(=O)N2CCOCC2)cc1. The van der Waals surface area contributed by atoms with E-state index in [4.69, 9.17) is 9.47 Å². The highest BCUT2D eigenvalue weighted by atomic mass is 32.2. The standard InChI is InChI=1S/C29H43N3O8S2/c1-22(2)19-32(42(37,38)26-12-10-25(39-4)11-13-26)20-28(33)27(18-24-8-6-5-7-9-24)30-29(34)23(3)21-41(35,36)31-14-16-40-17-15-31/h5-13,22-23,27-28,33H,14-21H2,1-4H3,(H,30,34)/t23-,27+,28?/m1/s1. The highest BCUT2D eigenvalue weighted by molar-refractivity contribution is 7.89. The van der Waals surface area contributed by atoms with E-state index in [2.05, 4.69) is 5.32 Å². The van der Waals surface area contributed by atoms with E-state index in [1.165, 1.54) is 34.8 Å². The Morgan fingerprint density at radius 2 is 1.62 bits per heavy atom. The van der Waals surface area contributed by atoms with Gasteiger partial charge in [0.25, 0.3) is 0 Å². The fourth-order valence-corrected chi connectivity index (χ4v) is 8.03. The van der Waals surface area contributed by atoms with Gasteiger partial charge < -0.3 is 19.9 Å². The summed E-state index contributed by atoms with van der Waals surface area (Å²) in [5.74, 6) is -1.37. The summed E-state index contributed by atoms with van der Waals surface area (Å²) in [7, 11) is -6.20. The molecule has 1 heterocycles. The van der Waals surface area contributed by atoms with E-state index in [0.717, 1.165) is 5.56 Å². The van der Waals surface area contributed by atoms with E-state index in [1.54, 1.807) is 12.1 Å². The second-order valence-electron chi connectivity index (χ2n) is 11.0. The van der Waals surface area contributed by atoms with Gasteiger partial charge in [0, 0.05) is 26.2 Å². The third-order valence-electron chi connectivity index (χ3n) is 7.02. The van der Waals surface area contributed by atoms with Gasteiger partial charge in [-0.05, 0) is 42.2 Å². The van der Waals surface area contributed by atoms with Gasteiger partial charge in [0.05, 0.1) is 49.0 Å². The summed E-state index contributed by atoms with van der Waals surface area (Å²) in [6, 6.07) is 14.3. The van der Waals surface area contributed by atoms with E-state index >= 15 is 0 Å². The molecule has 234 valence electrons. The normalized spacial score (nSPS) is 17.1. The molecule has 1 amide bonds. The molecule has 0 radical (unpaired) electrons. The quantitative estimate of drug-likeness (QED) is 0.305. The highest BCUT2D eigenvalue weighted by Gasteiger charge is 2.34. The molecule has 1 fully saturated rings. The number of ether oxygens (including phenoxy) is 2. The van der Waals surface area contributed by atoms with Crippen molar-refractivity contribution >= 4 is 26.0 Å². The van der Waals surface area contributed by atoms with Crippen LogP contribution in [-0.4, -0.2) is 101 Å². The van der Waals surface area contributed by atoms with E-state index in [9.17, 15) is 26.7 Å². The van der Waals surface area contributed by atoms with Crippen molar-refractivity contribution in [3.8, 4) is 5.75 Å². The van der Waals surface area contributed by atoms with E-state index in [-0.39, 0.29) is 43.4 Å². The van der Waals surface area contributed by atoms with Crippen LogP contribution in [0.15, 0.2) is 59.5 Å². The Hall–Kier alpha value is -2.55. The first-order valence-electron chi connectivity index (χ1n) is 14.1. The number of rotatable bonds is 15. The molecule has 3 atom stereocenters. The van der Waals surface area contributed by atoms with Crippen LogP contribution in [0.3, 0.4) is 0 Å². The van der Waals surface area contributed by atoms with Crippen molar-refractivity contribution in [3.05, 3.63) is 60.2 Å². The number of carbonyl (C=O) groups excluding carboxylic acids is 1. The predicted octanol–water partition coefficient (Wildman–Crippen LogP) is 1.73. The molecule has 1 aliphatic heterocycles. The molecule has 0 aromatic heterocycles. The summed E-state index contributed by atoms with van der Waals surface area (Å²) in [5.41, 5.74) is 0.823. The summed E-state index contributed by atoms with van der Waals surface area (Å²) in [5, 5.41) is 14.3. The number of carbonyl (C=O) groups is 1. The summed E-state index contributed by atoms with van der Waals surface area (Å²) >= 11 is 0. The van der Waals surface area contributed by atoms with Crippen molar-refractivity contribution in [2.45, 2.75) is 44.2 Å². The molecular weight excluding hydrogens is 582 g/mol. The van der Waals surface area contributed by atoms with Gasteiger partial charge in [0.1, 0.15) is 5.75 Å². The number of benzene rings is 2. The number of hydrogen-bond acceptors (Lipinski definition) is 8. The van der Waals surface area contributed by atoms with Crippen LogP contribution in [0.4, 0.5) is 0 Å². The van der Waals surface area contributed by atoms with Gasteiger partial charge in [-0.3, -0.25) is 4.79 Å². The third kappa shape index (κ3) is 9.48. The molecule has 13 heteroatoms. The molecular formula is C29H43N3O8S2. The van der Waals surface area contributed by atoms with Crippen molar-refractivity contribution in [2.75, 3.05) is 52.3 Å². The Balaban J connectivity index is 1.81. The second kappa shape index (κ2) is 15.3. The number of nitrogens with one attached hydrogen (secondary N) is 1. The van der Waals surface area contributed by atoms with Crippen LogP contribution in [0.25, 0.3) is 0 Å². The van der Waals surface area contributed by atoms with Crippen molar-refractivity contribution in [2.24, 2.45) is 11.8 Å². The average Bonchev–Trinajstić information content (AvgIpc) is 2.97. The summed E-state index contributed by atoms with van der Waals surface area (Å²) in [6.45, 7) is 6.23. The maximum Gasteiger partial charge on any atom is 0.243 e. The molecule has 0 spiro atoms. The zero-order valence-electron chi connectivity index (χ0n) is 24.7. The minimum atomic E-state index is -3.99. The summed E-state index contributed by atoms with van der Waals surface area (Å²) in [6.07, 6.45) is -1.07. The molecule has 1 aliphatic rings. The lowest BCUT2D eigenvalue weighted by molar-refractivity contribution is -0.125. The van der Waals surface area contributed by atoms with Crippen molar-refractivity contribution in [1.82, 2.24) is 13.9 Å². The lowest BCUT2D eigenvalue weighted by Gasteiger charge is -2.31.